The van der Waals surface area contributed by atoms with Gasteiger partial charge in [-0.2, -0.15) is 13.2 Å². The normalized spacial score (nSPS) is 11.8. The number of hydrogen-bond donors (Lipinski definition) is 2. The van der Waals surface area contributed by atoms with Crippen molar-refractivity contribution in [1.82, 2.24) is 10.4 Å². The van der Waals surface area contributed by atoms with Crippen molar-refractivity contribution in [3.8, 4) is 0 Å². The molecule has 1 rings (SSSR count). The number of nitrogen functional groups attached to an aromatic ring is 1. The van der Waals surface area contributed by atoms with Crippen LogP contribution >= 0.6 is 0 Å². The van der Waals surface area contributed by atoms with Crippen molar-refractivity contribution in [2.75, 3.05) is 13.7 Å². The molecule has 0 spiro atoms. The number of hydrogen-bond acceptors (Lipinski definition) is 4. The Labute approximate surface area is 107 Å². The number of amides is 1. The van der Waals surface area contributed by atoms with Crippen LogP contribution in [0.25, 0.3) is 6.08 Å². The van der Waals surface area contributed by atoms with Crippen LogP contribution in [0.1, 0.15) is 21.6 Å². The Morgan fingerprint density at radius 2 is 2.26 bits per heavy atom. The summed E-state index contributed by atoms with van der Waals surface area (Å²) in [4.78, 5) is 14.9. The van der Waals surface area contributed by atoms with E-state index < -0.39 is 17.6 Å². The lowest BCUT2D eigenvalue weighted by molar-refractivity contribution is -0.137. The summed E-state index contributed by atoms with van der Waals surface area (Å²) in [5.74, 6) is 4.17. The SMILES string of the molecule is COCC=Cc1cc(C(F)(F)F)cnc1C(=O)NN. The molecule has 0 saturated heterocycles. The number of ether oxygens (including phenoxy) is 1. The van der Waals surface area contributed by atoms with Crippen molar-refractivity contribution in [1.29, 1.82) is 0 Å². The average molecular weight is 275 g/mol. The standard InChI is InChI=1S/C11H12F3N3O2/c1-19-4-2-3-7-5-8(11(12,13)14)6-16-9(7)10(18)17-15/h2-3,5-6H,4,15H2,1H3,(H,17,18). The first-order valence-electron chi connectivity index (χ1n) is 5.13. The van der Waals surface area contributed by atoms with Crippen molar-refractivity contribution in [2.24, 2.45) is 5.84 Å². The lowest BCUT2D eigenvalue weighted by Crippen LogP contribution is -2.31. The van der Waals surface area contributed by atoms with Crippen molar-refractivity contribution < 1.29 is 22.7 Å². The summed E-state index contributed by atoms with van der Waals surface area (Å²) in [6, 6.07) is 0.823. The molecular weight excluding hydrogens is 263 g/mol. The molecule has 1 aromatic rings. The molecule has 1 aromatic heterocycles. The molecule has 1 heterocycles. The van der Waals surface area contributed by atoms with Crippen molar-refractivity contribution in [2.45, 2.75) is 6.18 Å². The van der Waals surface area contributed by atoms with Crippen LogP contribution in [0, 0.1) is 0 Å². The number of nitrogens with two attached hydrogens (primary N) is 1. The van der Waals surface area contributed by atoms with Crippen LogP contribution in [-0.2, 0) is 10.9 Å². The van der Waals surface area contributed by atoms with E-state index in [0.29, 0.717) is 6.20 Å². The highest BCUT2D eigenvalue weighted by atomic mass is 19.4. The quantitative estimate of drug-likeness (QED) is 0.494. The number of methoxy groups -OCH3 is 1. The minimum Gasteiger partial charge on any atom is -0.381 e. The Morgan fingerprint density at radius 3 is 2.79 bits per heavy atom. The molecule has 0 saturated carbocycles. The highest BCUT2D eigenvalue weighted by Crippen LogP contribution is 2.30. The van der Waals surface area contributed by atoms with Crippen LogP contribution < -0.4 is 11.3 Å². The van der Waals surface area contributed by atoms with Crippen molar-refractivity contribution in [3.05, 3.63) is 35.2 Å². The molecule has 0 atom stereocenters. The monoisotopic (exact) mass is 275 g/mol. The molecule has 0 unspecified atom stereocenters. The van der Waals surface area contributed by atoms with Gasteiger partial charge in [0.2, 0.25) is 0 Å². The minimum atomic E-state index is -4.53. The Kier molecular flexibility index (Phi) is 5.02. The van der Waals surface area contributed by atoms with E-state index in [-0.39, 0.29) is 17.9 Å². The van der Waals surface area contributed by atoms with Gasteiger partial charge in [-0.15, -0.1) is 0 Å². The van der Waals surface area contributed by atoms with E-state index in [4.69, 9.17) is 10.6 Å². The van der Waals surface area contributed by atoms with Gasteiger partial charge in [-0.25, -0.2) is 10.8 Å². The zero-order valence-electron chi connectivity index (χ0n) is 9.99. The highest BCUT2D eigenvalue weighted by molar-refractivity contribution is 5.95. The summed E-state index contributed by atoms with van der Waals surface area (Å²) < 4.78 is 42.4. The maximum absolute atomic E-state index is 12.6. The van der Waals surface area contributed by atoms with E-state index in [2.05, 4.69) is 4.98 Å². The maximum atomic E-state index is 12.6. The van der Waals surface area contributed by atoms with Crippen LogP contribution in [0.2, 0.25) is 0 Å². The third kappa shape index (κ3) is 4.04. The lowest BCUT2D eigenvalue weighted by atomic mass is 10.1. The molecule has 0 aliphatic rings. The largest absolute Gasteiger partial charge is 0.417 e. The number of alkyl halides is 3. The fraction of sp³-hybridized carbons (Fsp3) is 0.273. The molecule has 5 nitrogen and oxygen atoms in total. The number of aromatic nitrogens is 1. The number of carbonyl (C=O) groups excluding carboxylic acids is 1. The fourth-order valence-corrected chi connectivity index (χ4v) is 1.29. The zero-order valence-corrected chi connectivity index (χ0v) is 9.99. The van der Waals surface area contributed by atoms with Gasteiger partial charge < -0.3 is 4.74 Å². The highest BCUT2D eigenvalue weighted by Gasteiger charge is 2.31. The topological polar surface area (TPSA) is 77.2 Å². The van der Waals surface area contributed by atoms with Gasteiger partial charge in [-0.3, -0.25) is 10.2 Å². The van der Waals surface area contributed by atoms with Gasteiger partial charge in [-0.05, 0) is 6.07 Å². The Morgan fingerprint density at radius 1 is 1.58 bits per heavy atom. The molecule has 0 aliphatic carbocycles. The number of halogens is 3. The second-order valence-electron chi connectivity index (χ2n) is 3.49. The summed E-state index contributed by atoms with van der Waals surface area (Å²) in [6.45, 7) is 0.194. The zero-order chi connectivity index (χ0) is 14.5. The van der Waals surface area contributed by atoms with Crippen LogP contribution in [-0.4, -0.2) is 24.6 Å². The first-order valence-corrected chi connectivity index (χ1v) is 5.13. The number of hydrazine groups is 1. The van der Waals surface area contributed by atoms with E-state index in [1.165, 1.54) is 19.3 Å². The Bertz CT molecular complexity index is 487. The predicted octanol–water partition coefficient (Wildman–Crippen LogP) is 1.36. The van der Waals surface area contributed by atoms with Gasteiger partial charge in [0.05, 0.1) is 12.2 Å². The predicted molar refractivity (Wildman–Crippen MR) is 61.8 cm³/mol. The van der Waals surface area contributed by atoms with E-state index in [1.807, 2.05) is 5.43 Å². The number of pyridine rings is 1. The maximum Gasteiger partial charge on any atom is 0.417 e. The van der Waals surface area contributed by atoms with Crippen LogP contribution in [0.15, 0.2) is 18.3 Å². The van der Waals surface area contributed by atoms with E-state index in [9.17, 15) is 18.0 Å². The van der Waals surface area contributed by atoms with E-state index in [0.717, 1.165) is 6.07 Å². The molecule has 0 radical (unpaired) electrons. The molecule has 104 valence electrons. The third-order valence-electron chi connectivity index (χ3n) is 2.15. The second kappa shape index (κ2) is 6.30. The van der Waals surface area contributed by atoms with Crippen LogP contribution in [0.5, 0.6) is 0 Å². The van der Waals surface area contributed by atoms with Gasteiger partial charge in [0.15, 0.2) is 0 Å². The first-order chi connectivity index (χ1) is 8.90. The van der Waals surface area contributed by atoms with Crippen LogP contribution in [0.4, 0.5) is 13.2 Å². The smallest absolute Gasteiger partial charge is 0.381 e. The number of rotatable bonds is 4. The number of nitrogens with zero attached hydrogens (tertiary/aromatic N) is 1. The first kappa shape index (κ1) is 15.1. The number of carbonyl (C=O) groups is 1. The summed E-state index contributed by atoms with van der Waals surface area (Å²) in [6.07, 6.45) is -1.17. The van der Waals surface area contributed by atoms with Crippen molar-refractivity contribution in [3.63, 3.8) is 0 Å². The average Bonchev–Trinajstić information content (AvgIpc) is 2.37. The molecule has 0 fully saturated rings. The molecule has 19 heavy (non-hydrogen) atoms. The molecule has 3 N–H and O–H groups in total. The van der Waals surface area contributed by atoms with Gasteiger partial charge in [0.25, 0.3) is 5.91 Å². The molecular formula is C11H12F3N3O2. The fourth-order valence-electron chi connectivity index (χ4n) is 1.29. The number of nitrogens with one attached hydrogen (secondary N) is 1. The second-order valence-corrected chi connectivity index (χ2v) is 3.49. The minimum absolute atomic E-state index is 0.00910. The summed E-state index contributed by atoms with van der Waals surface area (Å²) in [7, 11) is 1.43. The molecule has 0 bridgehead atoms. The van der Waals surface area contributed by atoms with Gasteiger partial charge in [-0.1, -0.05) is 12.2 Å². The van der Waals surface area contributed by atoms with Gasteiger partial charge >= 0.3 is 6.18 Å². The Balaban J connectivity index is 3.22. The summed E-state index contributed by atoms with van der Waals surface area (Å²) in [5, 5.41) is 0. The van der Waals surface area contributed by atoms with E-state index in [1.54, 1.807) is 0 Å². The molecule has 0 aromatic carbocycles. The van der Waals surface area contributed by atoms with Gasteiger partial charge in [0.1, 0.15) is 5.69 Å². The molecule has 0 aliphatic heterocycles. The van der Waals surface area contributed by atoms with E-state index >= 15 is 0 Å². The van der Waals surface area contributed by atoms with Gasteiger partial charge in [0, 0.05) is 18.9 Å². The Hall–Kier alpha value is -1.93. The van der Waals surface area contributed by atoms with Crippen molar-refractivity contribution >= 4 is 12.0 Å². The molecule has 8 heteroatoms. The third-order valence-corrected chi connectivity index (χ3v) is 2.15. The molecule has 1 amide bonds. The lowest BCUT2D eigenvalue weighted by Gasteiger charge is -2.09. The van der Waals surface area contributed by atoms with Crippen LogP contribution in [0.3, 0.4) is 0 Å². The summed E-state index contributed by atoms with van der Waals surface area (Å²) in [5.41, 5.74) is 0.694. The summed E-state index contributed by atoms with van der Waals surface area (Å²) >= 11 is 0.